The average molecular weight is 203 g/mol. The van der Waals surface area contributed by atoms with Crippen LogP contribution in [-0.4, -0.2) is 45.3 Å². The molecule has 2 atom stereocenters. The van der Waals surface area contributed by atoms with Gasteiger partial charge >= 0.3 is 11.9 Å². The fourth-order valence-electron chi connectivity index (χ4n) is 0.630. The Bertz CT molecular complexity index is 273. The highest BCUT2D eigenvalue weighted by Gasteiger charge is 2.32. The number of aliphatic hydroxyl groups is 1. The number of amides is 1. The first-order chi connectivity index (χ1) is 6.40. The number of aliphatic carboxylic acids is 2. The van der Waals surface area contributed by atoms with Gasteiger partial charge in [0, 0.05) is 0 Å². The third kappa shape index (κ3) is 3.23. The average Bonchev–Trinajstić information content (AvgIpc) is 2.11. The van der Waals surface area contributed by atoms with Gasteiger partial charge in [-0.15, -0.1) is 0 Å². The van der Waals surface area contributed by atoms with Gasteiger partial charge in [0.1, 0.15) is 0 Å². The first-order valence-electron chi connectivity index (χ1n) is 3.46. The van der Waals surface area contributed by atoms with Crippen LogP contribution in [-0.2, 0) is 14.4 Å². The van der Waals surface area contributed by atoms with Crippen molar-refractivity contribution < 1.29 is 29.7 Å². The molecule has 0 aliphatic rings. The number of hydrogen-bond acceptors (Lipinski definition) is 4. The Labute approximate surface area is 78.7 Å². The molecule has 1 amide bonds. The van der Waals surface area contributed by atoms with Crippen LogP contribution in [0.2, 0.25) is 0 Å². The maximum absolute atomic E-state index is 10.7. The predicted octanol–water partition coefficient (Wildman–Crippen LogP) is -1.81. The predicted molar refractivity (Wildman–Crippen MR) is 43.4 cm³/mol. The summed E-state index contributed by atoms with van der Waals surface area (Å²) in [6.07, 6.45) is -1.43. The van der Waals surface area contributed by atoms with Gasteiger partial charge in [-0.2, -0.15) is 0 Å². The molecular weight excluding hydrogens is 194 g/mol. The van der Waals surface area contributed by atoms with Crippen molar-refractivity contribution in [2.24, 2.45) is 0 Å². The van der Waals surface area contributed by atoms with Crippen LogP contribution in [0.4, 0.5) is 0 Å². The van der Waals surface area contributed by atoms with E-state index in [0.717, 1.165) is 6.08 Å². The van der Waals surface area contributed by atoms with Crippen LogP contribution < -0.4 is 5.32 Å². The van der Waals surface area contributed by atoms with Crippen LogP contribution in [0.3, 0.4) is 0 Å². The molecule has 0 aromatic rings. The van der Waals surface area contributed by atoms with Crippen LogP contribution in [0.15, 0.2) is 12.7 Å². The van der Waals surface area contributed by atoms with Gasteiger partial charge in [0.2, 0.25) is 5.91 Å². The van der Waals surface area contributed by atoms with E-state index in [0.29, 0.717) is 0 Å². The molecule has 0 aromatic heterocycles. The summed E-state index contributed by atoms with van der Waals surface area (Å²) in [7, 11) is 0. The molecule has 78 valence electrons. The molecule has 7 heteroatoms. The number of hydrogen-bond donors (Lipinski definition) is 4. The number of carboxylic acids is 2. The molecule has 2 unspecified atom stereocenters. The topological polar surface area (TPSA) is 124 Å². The lowest BCUT2D eigenvalue weighted by atomic mass is 10.1. The lowest BCUT2D eigenvalue weighted by molar-refractivity contribution is -0.156. The maximum Gasteiger partial charge on any atom is 0.335 e. The summed E-state index contributed by atoms with van der Waals surface area (Å²) in [5.41, 5.74) is 0. The molecular formula is C7H9NO6. The second-order valence-corrected chi connectivity index (χ2v) is 2.31. The minimum atomic E-state index is -2.20. The van der Waals surface area contributed by atoms with Gasteiger partial charge in [0.15, 0.2) is 12.1 Å². The van der Waals surface area contributed by atoms with E-state index < -0.39 is 30.0 Å². The van der Waals surface area contributed by atoms with Gasteiger partial charge in [-0.25, -0.2) is 9.59 Å². The van der Waals surface area contributed by atoms with E-state index in [2.05, 4.69) is 6.58 Å². The van der Waals surface area contributed by atoms with Gasteiger partial charge in [0.05, 0.1) is 0 Å². The van der Waals surface area contributed by atoms with Crippen molar-refractivity contribution in [2.45, 2.75) is 12.1 Å². The second kappa shape index (κ2) is 4.97. The van der Waals surface area contributed by atoms with Crippen molar-refractivity contribution in [1.29, 1.82) is 0 Å². The van der Waals surface area contributed by atoms with Gasteiger partial charge in [-0.3, -0.25) is 4.79 Å². The van der Waals surface area contributed by atoms with Crippen molar-refractivity contribution in [3.63, 3.8) is 0 Å². The number of carbonyl (C=O) groups is 3. The summed E-state index contributed by atoms with van der Waals surface area (Å²) in [4.78, 5) is 31.3. The number of aliphatic hydroxyl groups excluding tert-OH is 1. The van der Waals surface area contributed by atoms with E-state index in [4.69, 9.17) is 15.3 Å². The van der Waals surface area contributed by atoms with Crippen molar-refractivity contribution in [2.75, 3.05) is 0 Å². The monoisotopic (exact) mass is 203 g/mol. The minimum Gasteiger partial charge on any atom is -0.480 e. The normalized spacial score (nSPS) is 13.8. The van der Waals surface area contributed by atoms with Crippen molar-refractivity contribution in [3.05, 3.63) is 12.7 Å². The first-order valence-corrected chi connectivity index (χ1v) is 3.46. The molecule has 0 aromatic carbocycles. The molecule has 0 bridgehead atoms. The van der Waals surface area contributed by atoms with E-state index in [9.17, 15) is 14.4 Å². The van der Waals surface area contributed by atoms with Crippen LogP contribution in [0, 0.1) is 0 Å². The zero-order chi connectivity index (χ0) is 11.3. The Kier molecular flexibility index (Phi) is 4.30. The molecule has 4 N–H and O–H groups in total. The van der Waals surface area contributed by atoms with Gasteiger partial charge in [-0.1, -0.05) is 6.58 Å². The third-order valence-corrected chi connectivity index (χ3v) is 1.32. The van der Waals surface area contributed by atoms with E-state index >= 15 is 0 Å². The Morgan fingerprint density at radius 3 is 2.00 bits per heavy atom. The molecule has 0 heterocycles. The molecule has 0 aliphatic carbocycles. The largest absolute Gasteiger partial charge is 0.480 e. The standard InChI is InChI=1S/C7H9NO6/c1-2-3(9)8-4(6(11)12)5(10)7(13)14/h2,4-5,10H,1H2,(H,8,9)(H,11,12)(H,13,14). The van der Waals surface area contributed by atoms with Gasteiger partial charge in [0.25, 0.3) is 0 Å². The molecule has 0 rings (SSSR count). The second-order valence-electron chi connectivity index (χ2n) is 2.31. The molecule has 0 saturated carbocycles. The summed E-state index contributed by atoms with van der Waals surface area (Å²) in [5.74, 6) is -4.26. The van der Waals surface area contributed by atoms with E-state index in [1.165, 1.54) is 0 Å². The summed E-state index contributed by atoms with van der Waals surface area (Å²) in [6, 6.07) is -1.89. The zero-order valence-electron chi connectivity index (χ0n) is 7.01. The highest BCUT2D eigenvalue weighted by molar-refractivity contribution is 5.93. The molecule has 0 saturated heterocycles. The Morgan fingerprint density at radius 2 is 1.71 bits per heavy atom. The van der Waals surface area contributed by atoms with Crippen molar-refractivity contribution >= 4 is 17.8 Å². The minimum absolute atomic E-state index is 0.768. The smallest absolute Gasteiger partial charge is 0.335 e. The summed E-state index contributed by atoms with van der Waals surface area (Å²) in [6.45, 7) is 3.04. The lowest BCUT2D eigenvalue weighted by Crippen LogP contribution is -2.51. The van der Waals surface area contributed by atoms with Crippen LogP contribution in [0.25, 0.3) is 0 Å². The van der Waals surface area contributed by atoms with Crippen LogP contribution in [0.1, 0.15) is 0 Å². The van der Waals surface area contributed by atoms with Crippen molar-refractivity contribution in [1.82, 2.24) is 5.32 Å². The number of carboxylic acid groups (broad SMARTS) is 2. The highest BCUT2D eigenvalue weighted by atomic mass is 16.4. The van der Waals surface area contributed by atoms with Crippen LogP contribution >= 0.6 is 0 Å². The number of nitrogens with one attached hydrogen (secondary N) is 1. The number of carbonyl (C=O) groups excluding carboxylic acids is 1. The van der Waals surface area contributed by atoms with Gasteiger partial charge < -0.3 is 20.6 Å². The summed E-state index contributed by atoms with van der Waals surface area (Å²) < 4.78 is 0. The van der Waals surface area contributed by atoms with E-state index in [1.54, 1.807) is 5.32 Å². The third-order valence-electron chi connectivity index (χ3n) is 1.32. The molecule has 7 nitrogen and oxygen atoms in total. The molecule has 0 fully saturated rings. The summed E-state index contributed by atoms with van der Waals surface area (Å²) >= 11 is 0. The Balaban J connectivity index is 4.60. The fourth-order valence-corrected chi connectivity index (χ4v) is 0.630. The first kappa shape index (κ1) is 12.1. The van der Waals surface area contributed by atoms with Crippen molar-refractivity contribution in [3.8, 4) is 0 Å². The van der Waals surface area contributed by atoms with Crippen LogP contribution in [0.5, 0.6) is 0 Å². The van der Waals surface area contributed by atoms with Gasteiger partial charge in [-0.05, 0) is 6.08 Å². The quantitative estimate of drug-likeness (QED) is 0.390. The number of rotatable bonds is 5. The molecule has 0 radical (unpaired) electrons. The SMILES string of the molecule is C=CC(=O)NC(C(=O)O)C(O)C(=O)O. The summed E-state index contributed by atoms with van der Waals surface area (Å²) in [5, 5.41) is 27.4. The Hall–Kier alpha value is -1.89. The van der Waals surface area contributed by atoms with E-state index in [-0.39, 0.29) is 0 Å². The van der Waals surface area contributed by atoms with E-state index in [1.807, 2.05) is 0 Å². The highest BCUT2D eigenvalue weighted by Crippen LogP contribution is 1.95. The Morgan fingerprint density at radius 1 is 1.21 bits per heavy atom. The zero-order valence-corrected chi connectivity index (χ0v) is 7.01. The molecule has 0 aliphatic heterocycles. The fraction of sp³-hybridized carbons (Fsp3) is 0.286. The lowest BCUT2D eigenvalue weighted by Gasteiger charge is -2.15. The molecule has 0 spiro atoms. The maximum atomic E-state index is 10.7. The molecule has 14 heavy (non-hydrogen) atoms.